The van der Waals surface area contributed by atoms with Crippen LogP contribution in [0.3, 0.4) is 0 Å². The van der Waals surface area contributed by atoms with Crippen molar-refractivity contribution in [2.45, 2.75) is 19.1 Å². The lowest BCUT2D eigenvalue weighted by atomic mass is 10.3. The molecule has 15 heavy (non-hydrogen) atoms. The van der Waals surface area contributed by atoms with Crippen molar-refractivity contribution in [1.82, 2.24) is 4.98 Å². The first-order valence-corrected chi connectivity index (χ1v) is 5.84. The van der Waals surface area contributed by atoms with Crippen LogP contribution in [0.1, 0.15) is 12.5 Å². The molecule has 1 aromatic rings. The zero-order chi connectivity index (χ0) is 11.5. The van der Waals surface area contributed by atoms with E-state index in [0.717, 1.165) is 5.56 Å². The maximum Gasteiger partial charge on any atom is 0.250 e. The van der Waals surface area contributed by atoms with Crippen LogP contribution in [0.25, 0.3) is 0 Å². The molecule has 1 rings (SSSR count). The molecule has 0 fully saturated rings. The van der Waals surface area contributed by atoms with Crippen LogP contribution in [0, 0.1) is 18.3 Å². The standard InChI is InChI=1S/C9H11N3O2S/c1-7-3-4-9(11-6-7)12-15(13,14)8(2)5-10/h3-4,6,8H,1-2H3,(H,11,12). The summed E-state index contributed by atoms with van der Waals surface area (Å²) in [6.07, 6.45) is 1.55. The Hall–Kier alpha value is -1.61. The molecule has 1 heterocycles. The highest BCUT2D eigenvalue weighted by Gasteiger charge is 2.20. The minimum atomic E-state index is -3.65. The van der Waals surface area contributed by atoms with Crippen molar-refractivity contribution in [2.24, 2.45) is 0 Å². The van der Waals surface area contributed by atoms with E-state index in [2.05, 4.69) is 9.71 Å². The molecule has 80 valence electrons. The molecule has 0 aliphatic carbocycles. The summed E-state index contributed by atoms with van der Waals surface area (Å²) in [6, 6.07) is 4.95. The van der Waals surface area contributed by atoms with Gasteiger partial charge in [0.1, 0.15) is 5.82 Å². The Kier molecular flexibility index (Phi) is 3.27. The number of nitriles is 1. The Bertz CT molecular complexity index is 473. The summed E-state index contributed by atoms with van der Waals surface area (Å²) in [5.74, 6) is 0.225. The van der Waals surface area contributed by atoms with Gasteiger partial charge in [-0.15, -0.1) is 0 Å². The molecule has 1 N–H and O–H groups in total. The molecule has 0 aromatic carbocycles. The topological polar surface area (TPSA) is 82.9 Å². The Morgan fingerprint density at radius 2 is 2.20 bits per heavy atom. The van der Waals surface area contributed by atoms with Gasteiger partial charge in [-0.2, -0.15) is 5.26 Å². The number of pyridine rings is 1. The van der Waals surface area contributed by atoms with Gasteiger partial charge < -0.3 is 0 Å². The fourth-order valence-corrected chi connectivity index (χ4v) is 1.56. The Morgan fingerprint density at radius 1 is 1.53 bits per heavy atom. The zero-order valence-corrected chi connectivity index (χ0v) is 9.25. The van der Waals surface area contributed by atoms with Gasteiger partial charge >= 0.3 is 0 Å². The summed E-state index contributed by atoms with van der Waals surface area (Å²) < 4.78 is 25.1. The molecular weight excluding hydrogens is 214 g/mol. The lowest BCUT2D eigenvalue weighted by Gasteiger charge is -2.07. The van der Waals surface area contributed by atoms with E-state index in [4.69, 9.17) is 5.26 Å². The van der Waals surface area contributed by atoms with Crippen LogP contribution < -0.4 is 4.72 Å². The summed E-state index contributed by atoms with van der Waals surface area (Å²) in [5.41, 5.74) is 0.936. The second-order valence-electron chi connectivity index (χ2n) is 3.14. The molecular formula is C9H11N3O2S. The highest BCUT2D eigenvalue weighted by Crippen LogP contribution is 2.09. The fraction of sp³-hybridized carbons (Fsp3) is 0.333. The van der Waals surface area contributed by atoms with Crippen molar-refractivity contribution in [2.75, 3.05) is 4.72 Å². The predicted molar refractivity (Wildman–Crippen MR) is 56.6 cm³/mol. The summed E-state index contributed by atoms with van der Waals surface area (Å²) in [4.78, 5) is 3.88. The number of aryl methyl sites for hydroxylation is 1. The van der Waals surface area contributed by atoms with E-state index < -0.39 is 15.3 Å². The summed E-state index contributed by atoms with van der Waals surface area (Å²) >= 11 is 0. The number of sulfonamides is 1. The predicted octanol–water partition coefficient (Wildman–Crippen LogP) is 1.04. The van der Waals surface area contributed by atoms with E-state index in [9.17, 15) is 8.42 Å². The van der Waals surface area contributed by atoms with E-state index in [0.29, 0.717) is 0 Å². The van der Waals surface area contributed by atoms with Gasteiger partial charge in [-0.1, -0.05) is 6.07 Å². The molecule has 1 atom stereocenters. The normalized spacial score (nSPS) is 12.9. The molecule has 0 saturated carbocycles. The van der Waals surface area contributed by atoms with E-state index in [-0.39, 0.29) is 5.82 Å². The van der Waals surface area contributed by atoms with E-state index >= 15 is 0 Å². The van der Waals surface area contributed by atoms with Crippen molar-refractivity contribution in [3.05, 3.63) is 23.9 Å². The highest BCUT2D eigenvalue weighted by atomic mass is 32.2. The maximum absolute atomic E-state index is 11.4. The molecule has 0 amide bonds. The first-order valence-electron chi connectivity index (χ1n) is 4.29. The molecule has 0 bridgehead atoms. The number of nitrogens with zero attached hydrogens (tertiary/aromatic N) is 2. The smallest absolute Gasteiger partial charge is 0.250 e. The molecule has 5 nitrogen and oxygen atoms in total. The average Bonchev–Trinajstić information content (AvgIpc) is 2.20. The third kappa shape index (κ3) is 2.92. The molecule has 0 radical (unpaired) electrons. The van der Waals surface area contributed by atoms with Crippen LogP contribution in [0.4, 0.5) is 5.82 Å². The molecule has 0 saturated heterocycles. The van der Waals surface area contributed by atoms with Crippen molar-refractivity contribution in [3.8, 4) is 6.07 Å². The quantitative estimate of drug-likeness (QED) is 0.833. The zero-order valence-electron chi connectivity index (χ0n) is 8.43. The number of hydrogen-bond donors (Lipinski definition) is 1. The molecule has 1 aromatic heterocycles. The van der Waals surface area contributed by atoms with Gasteiger partial charge in [-0.25, -0.2) is 13.4 Å². The lowest BCUT2D eigenvalue weighted by molar-refractivity contribution is 0.597. The first-order chi connectivity index (χ1) is 6.95. The second-order valence-corrected chi connectivity index (χ2v) is 5.14. The van der Waals surface area contributed by atoms with Gasteiger partial charge in [0.15, 0.2) is 5.25 Å². The summed E-state index contributed by atoms with van der Waals surface area (Å²) in [7, 11) is -3.65. The SMILES string of the molecule is Cc1ccc(NS(=O)(=O)C(C)C#N)nc1. The van der Waals surface area contributed by atoms with E-state index in [1.54, 1.807) is 24.4 Å². The molecule has 0 aliphatic heterocycles. The van der Waals surface area contributed by atoms with Crippen LogP contribution >= 0.6 is 0 Å². The van der Waals surface area contributed by atoms with Gasteiger partial charge in [0, 0.05) is 6.20 Å². The molecule has 0 spiro atoms. The third-order valence-electron chi connectivity index (χ3n) is 1.81. The van der Waals surface area contributed by atoms with Gasteiger partial charge in [-0.3, -0.25) is 4.72 Å². The maximum atomic E-state index is 11.4. The summed E-state index contributed by atoms with van der Waals surface area (Å²) in [5, 5.41) is 7.41. The molecule has 0 aliphatic rings. The van der Waals surface area contributed by atoms with E-state index in [1.165, 1.54) is 6.92 Å². The number of nitrogens with one attached hydrogen (secondary N) is 1. The number of rotatable bonds is 3. The monoisotopic (exact) mass is 225 g/mol. The largest absolute Gasteiger partial charge is 0.266 e. The minimum absolute atomic E-state index is 0.225. The van der Waals surface area contributed by atoms with Gasteiger partial charge in [0.2, 0.25) is 10.0 Å². The number of anilines is 1. The van der Waals surface area contributed by atoms with Crippen LogP contribution in [0.15, 0.2) is 18.3 Å². The van der Waals surface area contributed by atoms with Crippen molar-refractivity contribution < 1.29 is 8.42 Å². The minimum Gasteiger partial charge on any atom is -0.266 e. The second kappa shape index (κ2) is 4.28. The van der Waals surface area contributed by atoms with Crippen LogP contribution in [0.2, 0.25) is 0 Å². The average molecular weight is 225 g/mol. The van der Waals surface area contributed by atoms with Crippen molar-refractivity contribution in [1.29, 1.82) is 5.26 Å². The lowest BCUT2D eigenvalue weighted by Crippen LogP contribution is -2.24. The van der Waals surface area contributed by atoms with Crippen molar-refractivity contribution >= 4 is 15.8 Å². The Balaban J connectivity index is 2.88. The summed E-state index contributed by atoms with van der Waals surface area (Å²) in [6.45, 7) is 3.17. The van der Waals surface area contributed by atoms with Crippen molar-refractivity contribution in [3.63, 3.8) is 0 Å². The van der Waals surface area contributed by atoms with Gasteiger partial charge in [0.05, 0.1) is 6.07 Å². The molecule has 1 unspecified atom stereocenters. The van der Waals surface area contributed by atoms with Crippen LogP contribution in [-0.2, 0) is 10.0 Å². The van der Waals surface area contributed by atoms with Crippen LogP contribution in [0.5, 0.6) is 0 Å². The third-order valence-corrected chi connectivity index (χ3v) is 3.34. The molecule has 6 heteroatoms. The Morgan fingerprint density at radius 3 is 2.67 bits per heavy atom. The highest BCUT2D eigenvalue weighted by molar-refractivity contribution is 7.93. The first kappa shape index (κ1) is 11.5. The number of aromatic nitrogens is 1. The van der Waals surface area contributed by atoms with E-state index in [1.807, 2.05) is 6.92 Å². The number of hydrogen-bond acceptors (Lipinski definition) is 4. The fourth-order valence-electron chi connectivity index (χ4n) is 0.832. The van der Waals surface area contributed by atoms with Crippen LogP contribution in [-0.4, -0.2) is 18.7 Å². The van der Waals surface area contributed by atoms with Gasteiger partial charge in [-0.05, 0) is 25.5 Å². The van der Waals surface area contributed by atoms with Gasteiger partial charge in [0.25, 0.3) is 0 Å². The Labute approximate surface area is 88.8 Å².